The highest BCUT2D eigenvalue weighted by Crippen LogP contribution is 2.30. The number of hydrogen-bond donors (Lipinski definition) is 0. The second-order valence-electron chi connectivity index (χ2n) is 3.72. The van der Waals surface area contributed by atoms with Crippen molar-refractivity contribution in [2.75, 3.05) is 0 Å². The first kappa shape index (κ1) is 14.9. The average molecular weight is 373 g/mol. The van der Waals surface area contributed by atoms with Crippen molar-refractivity contribution >= 4 is 37.6 Å². The molecular formula is C13H7BrClNO3S. The number of halogens is 2. The van der Waals surface area contributed by atoms with Crippen LogP contribution in [0.5, 0.6) is 5.75 Å². The van der Waals surface area contributed by atoms with Crippen LogP contribution in [0.4, 0.5) is 0 Å². The smallest absolute Gasteiger partial charge is 0.340 e. The summed E-state index contributed by atoms with van der Waals surface area (Å²) in [6.45, 7) is 0. The Morgan fingerprint density at radius 3 is 2.50 bits per heavy atom. The Morgan fingerprint density at radius 1 is 1.20 bits per heavy atom. The van der Waals surface area contributed by atoms with E-state index in [2.05, 4.69) is 15.9 Å². The standard InChI is InChI=1S/C13H7BrClNO3S/c14-10-3-1-2-4-13(10)20(17,18)19-12-6-5-9(8-16)7-11(12)15/h1-7H. The van der Waals surface area contributed by atoms with Gasteiger partial charge >= 0.3 is 10.1 Å². The van der Waals surface area contributed by atoms with Crippen LogP contribution in [-0.2, 0) is 10.1 Å². The number of nitriles is 1. The van der Waals surface area contributed by atoms with Crippen LogP contribution in [0.25, 0.3) is 0 Å². The Bertz CT molecular complexity index is 800. The molecule has 0 amide bonds. The van der Waals surface area contributed by atoms with Crippen molar-refractivity contribution in [1.29, 1.82) is 5.26 Å². The molecule has 0 spiro atoms. The van der Waals surface area contributed by atoms with Gasteiger partial charge in [0.1, 0.15) is 4.90 Å². The van der Waals surface area contributed by atoms with Gasteiger partial charge in [0.2, 0.25) is 0 Å². The molecule has 0 fully saturated rings. The van der Waals surface area contributed by atoms with E-state index < -0.39 is 10.1 Å². The third-order valence-electron chi connectivity index (χ3n) is 2.37. The number of rotatable bonds is 3. The Morgan fingerprint density at radius 2 is 1.90 bits per heavy atom. The second-order valence-corrected chi connectivity index (χ2v) is 6.50. The van der Waals surface area contributed by atoms with Crippen LogP contribution in [0.15, 0.2) is 51.8 Å². The number of hydrogen-bond acceptors (Lipinski definition) is 4. The maximum Gasteiger partial charge on any atom is 0.340 e. The predicted molar refractivity (Wildman–Crippen MR) is 78.1 cm³/mol. The van der Waals surface area contributed by atoms with Crippen LogP contribution in [0.1, 0.15) is 5.56 Å². The largest absolute Gasteiger partial charge is 0.377 e. The van der Waals surface area contributed by atoms with Gasteiger partial charge in [-0.3, -0.25) is 0 Å². The molecule has 0 radical (unpaired) electrons. The quantitative estimate of drug-likeness (QED) is 0.770. The molecule has 0 saturated carbocycles. The van der Waals surface area contributed by atoms with E-state index >= 15 is 0 Å². The molecule has 0 heterocycles. The van der Waals surface area contributed by atoms with Gasteiger partial charge in [0.05, 0.1) is 16.7 Å². The van der Waals surface area contributed by atoms with E-state index in [1.807, 2.05) is 6.07 Å². The minimum atomic E-state index is -4.00. The summed E-state index contributed by atoms with van der Waals surface area (Å²) in [6, 6.07) is 12.3. The zero-order valence-electron chi connectivity index (χ0n) is 9.88. The van der Waals surface area contributed by atoms with Gasteiger partial charge in [-0.25, -0.2) is 0 Å². The maximum atomic E-state index is 12.2. The fourth-order valence-corrected chi connectivity index (χ4v) is 3.62. The van der Waals surface area contributed by atoms with Gasteiger partial charge in [-0.15, -0.1) is 0 Å². The highest BCUT2D eigenvalue weighted by molar-refractivity contribution is 9.10. The third kappa shape index (κ3) is 3.12. The van der Waals surface area contributed by atoms with Crippen LogP contribution in [-0.4, -0.2) is 8.42 Å². The lowest BCUT2D eigenvalue weighted by Crippen LogP contribution is -2.10. The highest BCUT2D eigenvalue weighted by atomic mass is 79.9. The molecule has 0 aliphatic carbocycles. The van der Waals surface area contributed by atoms with Crippen molar-refractivity contribution in [1.82, 2.24) is 0 Å². The van der Waals surface area contributed by atoms with Crippen LogP contribution >= 0.6 is 27.5 Å². The summed E-state index contributed by atoms with van der Waals surface area (Å²) in [5.41, 5.74) is 0.320. The van der Waals surface area contributed by atoms with Gasteiger partial charge in [-0.2, -0.15) is 13.7 Å². The second kappa shape index (κ2) is 5.83. The Kier molecular flexibility index (Phi) is 4.33. The van der Waals surface area contributed by atoms with Gasteiger partial charge in [0, 0.05) is 4.47 Å². The molecule has 0 unspecified atom stereocenters. The van der Waals surface area contributed by atoms with E-state index in [4.69, 9.17) is 21.0 Å². The van der Waals surface area contributed by atoms with E-state index in [1.165, 1.54) is 24.3 Å². The lowest BCUT2D eigenvalue weighted by molar-refractivity contribution is 0.485. The first-order chi connectivity index (χ1) is 9.44. The van der Waals surface area contributed by atoms with E-state index in [9.17, 15) is 8.42 Å². The summed E-state index contributed by atoms with van der Waals surface area (Å²) >= 11 is 9.04. The third-order valence-corrected chi connectivity index (χ3v) is 4.91. The highest BCUT2D eigenvalue weighted by Gasteiger charge is 2.20. The molecule has 0 aliphatic heterocycles. The van der Waals surface area contributed by atoms with Crippen molar-refractivity contribution < 1.29 is 12.6 Å². The summed E-state index contributed by atoms with van der Waals surface area (Å²) in [7, 11) is -4.00. The molecule has 0 atom stereocenters. The first-order valence-electron chi connectivity index (χ1n) is 5.33. The van der Waals surface area contributed by atoms with Crippen LogP contribution in [0.2, 0.25) is 5.02 Å². The van der Waals surface area contributed by atoms with Gasteiger partial charge in [-0.1, -0.05) is 23.7 Å². The number of benzene rings is 2. The topological polar surface area (TPSA) is 67.2 Å². The van der Waals surface area contributed by atoms with E-state index in [-0.39, 0.29) is 15.7 Å². The zero-order valence-corrected chi connectivity index (χ0v) is 13.0. The maximum absolute atomic E-state index is 12.2. The molecule has 102 valence electrons. The summed E-state index contributed by atoms with van der Waals surface area (Å²) in [5, 5.41) is 8.78. The normalized spacial score (nSPS) is 10.8. The molecule has 0 bridgehead atoms. The van der Waals surface area contributed by atoms with Crippen molar-refractivity contribution in [2.24, 2.45) is 0 Å². The van der Waals surface area contributed by atoms with Gasteiger partial charge in [-0.05, 0) is 46.3 Å². The van der Waals surface area contributed by atoms with Crippen LogP contribution in [0.3, 0.4) is 0 Å². The monoisotopic (exact) mass is 371 g/mol. The van der Waals surface area contributed by atoms with Crippen molar-refractivity contribution in [3.8, 4) is 11.8 Å². The molecular weight excluding hydrogens is 366 g/mol. The van der Waals surface area contributed by atoms with E-state index in [1.54, 1.807) is 18.2 Å². The Hall–Kier alpha value is -1.55. The van der Waals surface area contributed by atoms with Crippen LogP contribution < -0.4 is 4.18 Å². The van der Waals surface area contributed by atoms with Gasteiger partial charge < -0.3 is 4.18 Å². The molecule has 0 saturated heterocycles. The van der Waals surface area contributed by atoms with Gasteiger partial charge in [0.25, 0.3) is 0 Å². The first-order valence-corrected chi connectivity index (χ1v) is 7.90. The molecule has 2 rings (SSSR count). The van der Waals surface area contributed by atoms with Crippen LogP contribution in [0, 0.1) is 11.3 Å². The predicted octanol–water partition coefficient (Wildman–Crippen LogP) is 3.74. The molecule has 20 heavy (non-hydrogen) atoms. The average Bonchev–Trinajstić information content (AvgIpc) is 2.41. The molecule has 4 nitrogen and oxygen atoms in total. The SMILES string of the molecule is N#Cc1ccc(OS(=O)(=O)c2ccccc2Br)c(Cl)c1. The lowest BCUT2D eigenvalue weighted by Gasteiger charge is -2.09. The fourth-order valence-electron chi connectivity index (χ4n) is 1.45. The summed E-state index contributed by atoms with van der Waals surface area (Å²) in [4.78, 5) is 0.000395. The zero-order chi connectivity index (χ0) is 14.8. The molecule has 0 N–H and O–H groups in total. The molecule has 2 aromatic rings. The van der Waals surface area contributed by atoms with E-state index in [0.29, 0.717) is 10.0 Å². The number of nitrogens with zero attached hydrogens (tertiary/aromatic N) is 1. The summed E-state index contributed by atoms with van der Waals surface area (Å²) in [6.07, 6.45) is 0. The minimum absolute atomic E-state index is 0.000395. The molecule has 7 heteroatoms. The molecule has 0 aliphatic rings. The van der Waals surface area contributed by atoms with Gasteiger partial charge in [0.15, 0.2) is 5.75 Å². The summed E-state index contributed by atoms with van der Waals surface area (Å²) < 4.78 is 29.7. The van der Waals surface area contributed by atoms with Crippen molar-refractivity contribution in [3.05, 3.63) is 57.5 Å². The lowest BCUT2D eigenvalue weighted by atomic mass is 10.2. The summed E-state index contributed by atoms with van der Waals surface area (Å²) in [5.74, 6) is -0.0265. The van der Waals surface area contributed by atoms with Crippen molar-refractivity contribution in [2.45, 2.75) is 4.90 Å². The minimum Gasteiger partial charge on any atom is -0.377 e. The fraction of sp³-hybridized carbons (Fsp3) is 0. The molecule has 2 aromatic carbocycles. The van der Waals surface area contributed by atoms with Crippen molar-refractivity contribution in [3.63, 3.8) is 0 Å². The molecule has 0 aromatic heterocycles. The Labute approximate surface area is 129 Å². The van der Waals surface area contributed by atoms with E-state index in [0.717, 1.165) is 0 Å². The Balaban J connectivity index is 2.40.